The Morgan fingerprint density at radius 2 is 1.74 bits per heavy atom. The number of halogens is 2. The lowest BCUT2D eigenvalue weighted by Crippen LogP contribution is -2.43. The molecule has 0 saturated carbocycles. The van der Waals surface area contributed by atoms with Gasteiger partial charge in [-0.15, -0.1) is 0 Å². The zero-order valence-electron chi connectivity index (χ0n) is 15.2. The van der Waals surface area contributed by atoms with Crippen LogP contribution in [-0.2, 0) is 17.8 Å². The van der Waals surface area contributed by atoms with E-state index in [1.54, 1.807) is 12.1 Å². The molecule has 0 fully saturated rings. The van der Waals surface area contributed by atoms with Crippen LogP contribution in [0.1, 0.15) is 18.1 Å². The van der Waals surface area contributed by atoms with Gasteiger partial charge in [0, 0.05) is 18.1 Å². The van der Waals surface area contributed by atoms with Gasteiger partial charge in [-0.25, -0.2) is 9.38 Å². The molecule has 0 bridgehead atoms. The maximum absolute atomic E-state index is 13.0. The number of amides is 1. The number of carbonyl (C=O) groups is 1. The van der Waals surface area contributed by atoms with Crippen LogP contribution in [-0.4, -0.2) is 25.0 Å². The molecular formula is C20H24ClFN4O. The van der Waals surface area contributed by atoms with Crippen molar-refractivity contribution >= 4 is 23.5 Å². The first-order valence-electron chi connectivity index (χ1n) is 8.78. The van der Waals surface area contributed by atoms with E-state index in [4.69, 9.17) is 17.3 Å². The smallest absolute Gasteiger partial charge is 0.222 e. The van der Waals surface area contributed by atoms with E-state index >= 15 is 0 Å². The van der Waals surface area contributed by atoms with Gasteiger partial charge >= 0.3 is 0 Å². The van der Waals surface area contributed by atoms with Crippen molar-refractivity contribution in [2.45, 2.75) is 19.9 Å². The number of nitrogens with zero attached hydrogens (tertiary/aromatic N) is 1. The first-order valence-corrected chi connectivity index (χ1v) is 9.16. The molecule has 0 spiro atoms. The Morgan fingerprint density at radius 1 is 1.11 bits per heavy atom. The molecule has 0 aliphatic heterocycles. The zero-order valence-corrected chi connectivity index (χ0v) is 16.0. The molecule has 5 nitrogen and oxygen atoms in total. The molecular weight excluding hydrogens is 367 g/mol. The number of primary amides is 1. The third-order valence-corrected chi connectivity index (χ3v) is 4.24. The highest BCUT2D eigenvalue weighted by Gasteiger charge is 2.16. The summed E-state index contributed by atoms with van der Waals surface area (Å²) in [5, 5.41) is 6.97. The van der Waals surface area contributed by atoms with Crippen LogP contribution >= 0.6 is 11.6 Å². The monoisotopic (exact) mass is 390 g/mol. The van der Waals surface area contributed by atoms with Crippen molar-refractivity contribution in [3.8, 4) is 0 Å². The molecule has 0 aliphatic carbocycles. The van der Waals surface area contributed by atoms with Gasteiger partial charge in [-0.05, 0) is 48.7 Å². The highest BCUT2D eigenvalue weighted by atomic mass is 35.5. The summed E-state index contributed by atoms with van der Waals surface area (Å²) in [5.41, 5.74) is 7.40. The van der Waals surface area contributed by atoms with Crippen molar-refractivity contribution in [2.75, 3.05) is 13.1 Å². The Hall–Kier alpha value is -2.60. The Bertz CT molecular complexity index is 763. The van der Waals surface area contributed by atoms with E-state index in [9.17, 15) is 9.18 Å². The van der Waals surface area contributed by atoms with E-state index in [2.05, 4.69) is 15.6 Å². The minimum atomic E-state index is -0.435. The fourth-order valence-corrected chi connectivity index (χ4v) is 2.63. The molecule has 2 aromatic rings. The molecule has 7 heteroatoms. The molecule has 0 aromatic heterocycles. The lowest BCUT2D eigenvalue weighted by atomic mass is 9.98. The van der Waals surface area contributed by atoms with Crippen LogP contribution < -0.4 is 16.4 Å². The summed E-state index contributed by atoms with van der Waals surface area (Å²) in [5.74, 6) is -0.565. The van der Waals surface area contributed by atoms with E-state index in [0.29, 0.717) is 37.0 Å². The van der Waals surface area contributed by atoms with E-state index in [0.717, 1.165) is 11.1 Å². The number of guanidine groups is 1. The van der Waals surface area contributed by atoms with Crippen LogP contribution in [0, 0.1) is 11.7 Å². The SMILES string of the molecule is CCNC(=NCc1ccc(Cl)cc1)NCC(Cc1ccc(F)cc1)C(N)=O. The number of nitrogens with one attached hydrogen (secondary N) is 2. The number of nitrogens with two attached hydrogens (primary N) is 1. The Kier molecular flexibility index (Phi) is 8.07. The molecule has 4 N–H and O–H groups in total. The van der Waals surface area contributed by atoms with Gasteiger partial charge in [-0.2, -0.15) is 0 Å². The maximum Gasteiger partial charge on any atom is 0.222 e. The second kappa shape index (κ2) is 10.5. The van der Waals surface area contributed by atoms with Crippen LogP contribution in [0.5, 0.6) is 0 Å². The van der Waals surface area contributed by atoms with Crippen molar-refractivity contribution in [2.24, 2.45) is 16.6 Å². The van der Waals surface area contributed by atoms with Crippen molar-refractivity contribution in [1.82, 2.24) is 10.6 Å². The fourth-order valence-electron chi connectivity index (χ4n) is 2.50. The topological polar surface area (TPSA) is 79.5 Å². The van der Waals surface area contributed by atoms with Gasteiger partial charge in [0.1, 0.15) is 5.82 Å². The quantitative estimate of drug-likeness (QED) is 0.479. The summed E-state index contributed by atoms with van der Waals surface area (Å²) in [6.45, 7) is 3.46. The van der Waals surface area contributed by atoms with E-state index in [1.165, 1.54) is 12.1 Å². The standard InChI is InChI=1S/C20H24ClFN4O/c1-2-24-20(25-12-15-3-7-17(21)8-4-15)26-13-16(19(23)27)11-14-5-9-18(22)10-6-14/h3-10,16H,2,11-13H2,1H3,(H2,23,27)(H2,24,25,26). The number of rotatable bonds is 8. The van der Waals surface area contributed by atoms with Crippen molar-refractivity contribution < 1.29 is 9.18 Å². The summed E-state index contributed by atoms with van der Waals surface area (Å²) in [6, 6.07) is 13.5. The average Bonchev–Trinajstić information content (AvgIpc) is 2.65. The minimum Gasteiger partial charge on any atom is -0.369 e. The molecule has 0 radical (unpaired) electrons. The molecule has 144 valence electrons. The Morgan fingerprint density at radius 3 is 2.33 bits per heavy atom. The normalized spacial score (nSPS) is 12.5. The predicted octanol–water partition coefficient (Wildman–Crippen LogP) is 2.88. The van der Waals surface area contributed by atoms with E-state index < -0.39 is 11.8 Å². The van der Waals surface area contributed by atoms with Crippen molar-refractivity contribution in [3.63, 3.8) is 0 Å². The van der Waals surface area contributed by atoms with Crippen molar-refractivity contribution in [1.29, 1.82) is 0 Å². The summed E-state index contributed by atoms with van der Waals surface area (Å²) >= 11 is 5.89. The van der Waals surface area contributed by atoms with Crippen LogP contribution in [0.2, 0.25) is 5.02 Å². The highest BCUT2D eigenvalue weighted by Crippen LogP contribution is 2.11. The molecule has 27 heavy (non-hydrogen) atoms. The molecule has 1 amide bonds. The van der Waals surface area contributed by atoms with Gasteiger partial charge in [-0.1, -0.05) is 35.9 Å². The van der Waals surface area contributed by atoms with E-state index in [1.807, 2.05) is 31.2 Å². The van der Waals surface area contributed by atoms with E-state index in [-0.39, 0.29) is 5.82 Å². The van der Waals surface area contributed by atoms with Gasteiger partial charge < -0.3 is 16.4 Å². The third kappa shape index (κ3) is 7.27. The molecule has 0 saturated heterocycles. The number of hydrogen-bond donors (Lipinski definition) is 3. The first-order chi connectivity index (χ1) is 13.0. The van der Waals surface area contributed by atoms with Gasteiger partial charge in [0.05, 0.1) is 12.5 Å². The lowest BCUT2D eigenvalue weighted by Gasteiger charge is -2.17. The van der Waals surface area contributed by atoms with Crippen LogP contribution in [0.3, 0.4) is 0 Å². The molecule has 1 atom stereocenters. The number of benzene rings is 2. The second-order valence-corrected chi connectivity index (χ2v) is 6.57. The maximum atomic E-state index is 13.0. The summed E-state index contributed by atoms with van der Waals surface area (Å²) in [4.78, 5) is 16.3. The number of hydrogen-bond acceptors (Lipinski definition) is 2. The summed E-state index contributed by atoms with van der Waals surface area (Å²) in [7, 11) is 0. The molecule has 2 aromatic carbocycles. The van der Waals surface area contributed by atoms with Gasteiger partial charge in [0.15, 0.2) is 5.96 Å². The van der Waals surface area contributed by atoms with Crippen LogP contribution in [0.25, 0.3) is 0 Å². The molecule has 2 rings (SSSR count). The Balaban J connectivity index is 1.98. The molecule has 0 heterocycles. The highest BCUT2D eigenvalue weighted by molar-refractivity contribution is 6.30. The molecule has 1 unspecified atom stereocenters. The average molecular weight is 391 g/mol. The number of aliphatic imine (C=N–C) groups is 1. The number of carbonyl (C=O) groups excluding carboxylic acids is 1. The van der Waals surface area contributed by atoms with Gasteiger partial charge in [0.25, 0.3) is 0 Å². The van der Waals surface area contributed by atoms with Crippen molar-refractivity contribution in [3.05, 3.63) is 70.5 Å². The van der Waals surface area contributed by atoms with Crippen LogP contribution in [0.15, 0.2) is 53.5 Å². The predicted molar refractivity (Wildman–Crippen MR) is 107 cm³/mol. The van der Waals surface area contributed by atoms with Gasteiger partial charge in [0.2, 0.25) is 5.91 Å². The first kappa shape index (κ1) is 20.7. The fraction of sp³-hybridized carbons (Fsp3) is 0.300. The lowest BCUT2D eigenvalue weighted by molar-refractivity contribution is -0.121. The Labute approximate surface area is 163 Å². The molecule has 0 aliphatic rings. The second-order valence-electron chi connectivity index (χ2n) is 6.13. The van der Waals surface area contributed by atoms with Gasteiger partial charge in [-0.3, -0.25) is 4.79 Å². The summed E-state index contributed by atoms with van der Waals surface area (Å²) in [6.07, 6.45) is 0.430. The minimum absolute atomic E-state index is 0.309. The third-order valence-electron chi connectivity index (χ3n) is 3.99. The van der Waals surface area contributed by atoms with Crippen LogP contribution in [0.4, 0.5) is 4.39 Å². The zero-order chi connectivity index (χ0) is 19.6. The summed E-state index contributed by atoms with van der Waals surface area (Å²) < 4.78 is 13.0. The largest absolute Gasteiger partial charge is 0.369 e.